The third-order valence-electron chi connectivity index (χ3n) is 17.8. The zero-order chi connectivity index (χ0) is 69.0. The third kappa shape index (κ3) is 77.4. The molecule has 0 radical (unpaired) electrons. The normalized spacial score (nSPS) is 13.1. The van der Waals surface area contributed by atoms with E-state index in [0.717, 1.165) is 83.5 Å². The van der Waals surface area contributed by atoms with E-state index in [-0.39, 0.29) is 32.2 Å². The highest BCUT2D eigenvalue weighted by atomic mass is 16.7. The molecule has 0 aromatic rings. The summed E-state index contributed by atoms with van der Waals surface area (Å²) < 4.78 is 23.1. The molecule has 1 N–H and O–H groups in total. The van der Waals surface area contributed by atoms with Gasteiger partial charge < -0.3 is 28.5 Å². The van der Waals surface area contributed by atoms with Gasteiger partial charge in [0.1, 0.15) is 13.2 Å². The van der Waals surface area contributed by atoms with Crippen molar-refractivity contribution in [1.29, 1.82) is 0 Å². The van der Waals surface area contributed by atoms with Gasteiger partial charge in [-0.25, -0.2) is 4.79 Å². The van der Waals surface area contributed by atoms with Crippen molar-refractivity contribution in [2.75, 3.05) is 47.5 Å². The summed E-state index contributed by atoms with van der Waals surface area (Å²) in [5.74, 6) is -1.99. The molecule has 0 amide bonds. The molecule has 0 aliphatic rings. The predicted octanol–water partition coefficient (Wildman–Crippen LogP) is 25.9. The first kappa shape index (κ1) is 91.2. The first-order valence-electron chi connectivity index (χ1n) is 40.4. The van der Waals surface area contributed by atoms with Crippen LogP contribution in [0.4, 0.5) is 0 Å². The van der Waals surface area contributed by atoms with Crippen LogP contribution >= 0.6 is 0 Å². The lowest BCUT2D eigenvalue weighted by Gasteiger charge is -2.25. The van der Waals surface area contributed by atoms with Crippen molar-refractivity contribution in [2.45, 2.75) is 386 Å². The number of carbonyl (C=O) groups is 3. The van der Waals surface area contributed by atoms with Crippen LogP contribution in [0.5, 0.6) is 0 Å². The fraction of sp³-hybridized carbons (Fsp3) is 0.779. The second-order valence-corrected chi connectivity index (χ2v) is 28.3. The molecule has 0 fully saturated rings. The van der Waals surface area contributed by atoms with Crippen LogP contribution in [0.2, 0.25) is 0 Å². The first-order chi connectivity index (χ1) is 46.6. The Hall–Kier alpha value is -3.79. The Morgan fingerprint density at radius 3 is 0.905 bits per heavy atom. The Kier molecular flexibility index (Phi) is 72.9. The molecule has 0 saturated heterocycles. The van der Waals surface area contributed by atoms with Crippen molar-refractivity contribution >= 4 is 17.9 Å². The van der Waals surface area contributed by atoms with E-state index in [0.29, 0.717) is 17.4 Å². The lowest BCUT2D eigenvalue weighted by molar-refractivity contribution is -0.870. The minimum absolute atomic E-state index is 0.181. The number of aliphatic carboxylic acids is 1. The van der Waals surface area contributed by atoms with Crippen LogP contribution < -0.4 is 0 Å². The molecule has 2 unspecified atom stereocenters. The number of ether oxygens (including phenoxy) is 4. The summed E-state index contributed by atoms with van der Waals surface area (Å²) in [5.41, 5.74) is 0. The summed E-state index contributed by atoms with van der Waals surface area (Å²) in [7, 11) is 5.99. The van der Waals surface area contributed by atoms with Crippen LogP contribution in [0.3, 0.4) is 0 Å². The number of unbranched alkanes of at least 4 members (excludes halogenated alkanes) is 44. The van der Waals surface area contributed by atoms with Gasteiger partial charge in [0, 0.05) is 12.8 Å². The average Bonchev–Trinajstić information content (AvgIpc) is 3.75. The molecule has 95 heavy (non-hydrogen) atoms. The zero-order valence-electron chi connectivity index (χ0n) is 63.1. The van der Waals surface area contributed by atoms with E-state index < -0.39 is 24.3 Å². The molecular formula is C86H154NO8+. The molecule has 550 valence electrons. The summed E-state index contributed by atoms with van der Waals surface area (Å²) in [5, 5.41) is 9.78. The van der Waals surface area contributed by atoms with Gasteiger partial charge in [0.25, 0.3) is 6.29 Å². The molecule has 0 aromatic heterocycles. The number of hydrogen-bond donors (Lipinski definition) is 1. The van der Waals surface area contributed by atoms with Gasteiger partial charge >= 0.3 is 17.9 Å². The first-order valence-corrected chi connectivity index (χ1v) is 40.4. The minimum atomic E-state index is -1.51. The Labute approximate surface area is 588 Å². The molecule has 0 heterocycles. The largest absolute Gasteiger partial charge is 0.477 e. The van der Waals surface area contributed by atoms with Gasteiger partial charge in [-0.05, 0) is 96.3 Å². The van der Waals surface area contributed by atoms with Crippen LogP contribution in [-0.2, 0) is 33.3 Å². The molecular weight excluding hydrogens is 1170 g/mol. The highest BCUT2D eigenvalue weighted by Gasteiger charge is 2.25. The lowest BCUT2D eigenvalue weighted by atomic mass is 10.0. The van der Waals surface area contributed by atoms with Gasteiger partial charge in [0.2, 0.25) is 0 Å². The molecule has 0 saturated carbocycles. The molecule has 9 heteroatoms. The van der Waals surface area contributed by atoms with E-state index in [1.165, 1.54) is 263 Å². The summed E-state index contributed by atoms with van der Waals surface area (Å²) in [6, 6.07) is 0. The van der Waals surface area contributed by atoms with E-state index in [2.05, 4.69) is 111 Å². The number of carboxylic acids is 1. The van der Waals surface area contributed by atoms with E-state index in [9.17, 15) is 19.5 Å². The van der Waals surface area contributed by atoms with Crippen molar-refractivity contribution in [2.24, 2.45) is 0 Å². The van der Waals surface area contributed by atoms with E-state index >= 15 is 0 Å². The second kappa shape index (κ2) is 76.0. The minimum Gasteiger partial charge on any atom is -0.477 e. The van der Waals surface area contributed by atoms with Crippen molar-refractivity contribution in [1.82, 2.24) is 0 Å². The standard InChI is InChI=1S/C86H153NO8/c1-6-8-10-12-14-16-18-20-22-24-26-28-30-32-34-36-38-40-41-42-43-45-47-49-51-53-55-57-59-61-63-65-67-69-71-73-75-77-84(89)95-82(81-94-86(85(90)91)92-79-78-87(3,4)5)80-93-83(88)76-74-72-70-68-66-64-62-60-58-56-54-52-50-48-46-44-39-37-35-33-31-29-27-25-23-21-19-17-15-13-11-9-7-2/h8,10,14,16,20,22,25-28,32,34,38,40,42-43,82,86H,6-7,9,11-13,15,17-19,21,23-24,29-31,33,35-37,39,41,44-81H2,1-5H3/p+1/b10-8-,16-14-,22-20-,27-25-,28-26-,34-32-,40-38-,43-42-. The molecule has 0 aromatic carbocycles. The van der Waals surface area contributed by atoms with E-state index in [1.54, 1.807) is 0 Å². The monoisotopic (exact) mass is 1330 g/mol. The Balaban J connectivity index is 4.02. The van der Waals surface area contributed by atoms with Gasteiger partial charge in [-0.15, -0.1) is 0 Å². The van der Waals surface area contributed by atoms with Crippen molar-refractivity contribution in [3.63, 3.8) is 0 Å². The number of hydrogen-bond acceptors (Lipinski definition) is 7. The highest BCUT2D eigenvalue weighted by molar-refractivity contribution is 5.71. The van der Waals surface area contributed by atoms with Gasteiger partial charge in [-0.3, -0.25) is 9.59 Å². The summed E-state index contributed by atoms with van der Waals surface area (Å²) in [6.45, 7) is 4.81. The van der Waals surface area contributed by atoms with E-state index in [4.69, 9.17) is 18.9 Å². The topological polar surface area (TPSA) is 108 Å². The smallest absolute Gasteiger partial charge is 0.361 e. The number of likely N-dealkylation sites (N-methyl/N-ethyl adjacent to an activating group) is 1. The predicted molar refractivity (Wildman–Crippen MR) is 410 cm³/mol. The van der Waals surface area contributed by atoms with Crippen LogP contribution in [-0.4, -0.2) is 87.4 Å². The maximum Gasteiger partial charge on any atom is 0.361 e. The van der Waals surface area contributed by atoms with Crippen molar-refractivity contribution < 1.29 is 42.9 Å². The average molecular weight is 1330 g/mol. The van der Waals surface area contributed by atoms with Crippen molar-refractivity contribution in [3.05, 3.63) is 97.2 Å². The van der Waals surface area contributed by atoms with Gasteiger partial charge in [-0.1, -0.05) is 361 Å². The molecule has 0 aliphatic heterocycles. The quantitative estimate of drug-likeness (QED) is 0.0211. The number of nitrogens with zero attached hydrogens (tertiary/aromatic N) is 1. The summed E-state index contributed by atoms with van der Waals surface area (Å²) >= 11 is 0. The highest BCUT2D eigenvalue weighted by Crippen LogP contribution is 2.19. The molecule has 9 nitrogen and oxygen atoms in total. The lowest BCUT2D eigenvalue weighted by Crippen LogP contribution is -2.40. The van der Waals surface area contributed by atoms with Crippen LogP contribution in [0, 0.1) is 0 Å². The fourth-order valence-corrected chi connectivity index (χ4v) is 11.7. The van der Waals surface area contributed by atoms with Crippen LogP contribution in [0.1, 0.15) is 373 Å². The second-order valence-electron chi connectivity index (χ2n) is 28.3. The number of rotatable bonds is 75. The summed E-state index contributed by atoms with van der Waals surface area (Å²) in [4.78, 5) is 37.8. The van der Waals surface area contributed by atoms with Crippen LogP contribution in [0.25, 0.3) is 0 Å². The number of allylic oxidation sites excluding steroid dienone is 16. The number of quaternary nitrogens is 1. The third-order valence-corrected chi connectivity index (χ3v) is 17.8. The molecule has 2 atom stereocenters. The van der Waals surface area contributed by atoms with Gasteiger partial charge in [0.05, 0.1) is 34.4 Å². The maximum atomic E-state index is 13.0. The van der Waals surface area contributed by atoms with Gasteiger partial charge in [-0.2, -0.15) is 0 Å². The summed E-state index contributed by atoms with van der Waals surface area (Å²) in [6.07, 6.45) is 103. The number of carboxylic acid groups (broad SMARTS) is 1. The number of carbonyl (C=O) groups excluding carboxylic acids is 2. The van der Waals surface area contributed by atoms with Crippen LogP contribution in [0.15, 0.2) is 97.2 Å². The SMILES string of the molecule is CC/C=C\C/C=C\C/C=C\C/C=C\C/C=C\C/C=C\C/C=C\CCCCCCCCCCCCCCCCCC(=O)OC(COC(=O)CCCCCCCCCCCCCCCCCCCCCCC/C=C\CCCCCCCCCC)COC(OCC[N+](C)(C)C)C(=O)O. The zero-order valence-corrected chi connectivity index (χ0v) is 63.1. The molecule has 0 bridgehead atoms. The Morgan fingerprint density at radius 1 is 0.326 bits per heavy atom. The molecule has 0 aliphatic carbocycles. The number of esters is 2. The van der Waals surface area contributed by atoms with Crippen molar-refractivity contribution in [3.8, 4) is 0 Å². The Morgan fingerprint density at radius 2 is 0.600 bits per heavy atom. The maximum absolute atomic E-state index is 13.0. The van der Waals surface area contributed by atoms with E-state index in [1.807, 2.05) is 21.1 Å². The molecule has 0 rings (SSSR count). The fourth-order valence-electron chi connectivity index (χ4n) is 11.7. The molecule has 0 spiro atoms. The van der Waals surface area contributed by atoms with Gasteiger partial charge in [0.15, 0.2) is 6.10 Å². The Bertz CT molecular complexity index is 1890.